The molecule has 1 fully saturated rings. The summed E-state index contributed by atoms with van der Waals surface area (Å²) in [5.74, 6) is 0.720. The van der Waals surface area contributed by atoms with Gasteiger partial charge in [-0.05, 0) is 30.7 Å². The molecule has 120 valence electrons. The van der Waals surface area contributed by atoms with Crippen LogP contribution in [-0.2, 0) is 11.3 Å². The van der Waals surface area contributed by atoms with Crippen molar-refractivity contribution >= 4 is 29.7 Å². The Kier molecular flexibility index (Phi) is 5.99. The lowest BCUT2D eigenvalue weighted by Gasteiger charge is -2.25. The van der Waals surface area contributed by atoms with Gasteiger partial charge in [0.1, 0.15) is 6.26 Å². The molecule has 0 radical (unpaired) electrons. The normalized spacial score (nSPS) is 21.1. The smallest absolute Gasteiger partial charge is 0.236 e. The number of aromatic nitrogens is 1. The maximum atomic E-state index is 12.1. The zero-order valence-electron chi connectivity index (χ0n) is 12.2. The molecule has 3 rings (SSSR count). The zero-order chi connectivity index (χ0) is 14.7. The highest BCUT2D eigenvalue weighted by atomic mass is 35.5. The van der Waals surface area contributed by atoms with Gasteiger partial charge >= 0.3 is 0 Å². The first-order valence-corrected chi connectivity index (χ1v) is 8.12. The minimum Gasteiger partial charge on any atom is -0.443 e. The van der Waals surface area contributed by atoms with Gasteiger partial charge in [0.2, 0.25) is 11.8 Å². The van der Waals surface area contributed by atoms with Crippen molar-refractivity contribution in [3.8, 4) is 10.8 Å². The van der Waals surface area contributed by atoms with E-state index in [-0.39, 0.29) is 30.3 Å². The number of amides is 1. The van der Waals surface area contributed by atoms with Crippen LogP contribution in [0.25, 0.3) is 10.8 Å². The van der Waals surface area contributed by atoms with Gasteiger partial charge in [0.05, 0.1) is 17.1 Å². The van der Waals surface area contributed by atoms with Crippen LogP contribution in [0.15, 0.2) is 28.2 Å². The molecule has 2 heterocycles. The quantitative estimate of drug-likeness (QED) is 0.895. The summed E-state index contributed by atoms with van der Waals surface area (Å²) in [7, 11) is 0. The number of nitrogens with zero attached hydrogens (tertiary/aromatic N) is 1. The van der Waals surface area contributed by atoms with Gasteiger partial charge in [0.25, 0.3) is 0 Å². The summed E-state index contributed by atoms with van der Waals surface area (Å²) in [5.41, 5.74) is 6.66. The summed E-state index contributed by atoms with van der Waals surface area (Å²) in [4.78, 5) is 17.5. The van der Waals surface area contributed by atoms with Crippen molar-refractivity contribution in [3.05, 3.63) is 29.5 Å². The van der Waals surface area contributed by atoms with Crippen LogP contribution < -0.4 is 11.1 Å². The molecule has 22 heavy (non-hydrogen) atoms. The van der Waals surface area contributed by atoms with Gasteiger partial charge in [0, 0.05) is 12.0 Å². The molecule has 2 aromatic rings. The fourth-order valence-electron chi connectivity index (χ4n) is 2.69. The monoisotopic (exact) mass is 341 g/mol. The number of thiophene rings is 1. The van der Waals surface area contributed by atoms with E-state index in [1.54, 1.807) is 17.6 Å². The first kappa shape index (κ1) is 17.0. The fraction of sp³-hybridized carbons (Fsp3) is 0.467. The summed E-state index contributed by atoms with van der Waals surface area (Å²) >= 11 is 1.58. The molecule has 1 aliphatic rings. The molecule has 1 aliphatic carbocycles. The third kappa shape index (κ3) is 4.09. The Labute approximate surface area is 139 Å². The van der Waals surface area contributed by atoms with Gasteiger partial charge < -0.3 is 15.5 Å². The number of hydrogen-bond donors (Lipinski definition) is 2. The van der Waals surface area contributed by atoms with E-state index in [4.69, 9.17) is 10.2 Å². The highest BCUT2D eigenvalue weighted by molar-refractivity contribution is 7.13. The molecule has 0 bridgehead atoms. The van der Waals surface area contributed by atoms with Crippen LogP contribution in [0.5, 0.6) is 0 Å². The Hall–Kier alpha value is -1.37. The Balaban J connectivity index is 0.00000176. The van der Waals surface area contributed by atoms with Crippen molar-refractivity contribution < 1.29 is 9.21 Å². The fourth-order valence-corrected chi connectivity index (χ4v) is 3.34. The molecule has 3 N–H and O–H groups in total. The number of halogens is 1. The second-order valence-electron chi connectivity index (χ2n) is 5.46. The molecule has 5 nitrogen and oxygen atoms in total. The maximum Gasteiger partial charge on any atom is 0.236 e. The van der Waals surface area contributed by atoms with Crippen molar-refractivity contribution in [1.82, 2.24) is 10.3 Å². The molecular weight excluding hydrogens is 322 g/mol. The van der Waals surface area contributed by atoms with Crippen molar-refractivity contribution in [3.63, 3.8) is 0 Å². The summed E-state index contributed by atoms with van der Waals surface area (Å²) in [6, 6.07) is 4.08. The Bertz CT molecular complexity index is 600. The molecule has 2 unspecified atom stereocenters. The number of rotatable bonds is 4. The molecule has 2 atom stereocenters. The number of oxazole rings is 1. The highest BCUT2D eigenvalue weighted by Gasteiger charge is 2.25. The van der Waals surface area contributed by atoms with Gasteiger partial charge in [-0.1, -0.05) is 12.5 Å². The number of nitrogens with one attached hydrogen (secondary N) is 1. The average Bonchev–Trinajstić information content (AvgIpc) is 3.15. The van der Waals surface area contributed by atoms with Crippen LogP contribution in [0.2, 0.25) is 0 Å². The summed E-state index contributed by atoms with van der Waals surface area (Å²) in [5, 5.41) is 4.91. The van der Waals surface area contributed by atoms with Crippen LogP contribution >= 0.6 is 23.7 Å². The van der Waals surface area contributed by atoms with Crippen LogP contribution in [0.3, 0.4) is 0 Å². The SMILES string of the molecule is Cl.NC1CCCC(C(=O)NCc2coc(-c3cccs3)n2)C1. The van der Waals surface area contributed by atoms with E-state index in [0.29, 0.717) is 12.4 Å². The molecule has 0 aromatic carbocycles. The number of carbonyl (C=O) groups excluding carboxylic acids is 1. The second kappa shape index (κ2) is 7.76. The zero-order valence-corrected chi connectivity index (χ0v) is 13.8. The van der Waals surface area contributed by atoms with E-state index in [2.05, 4.69) is 10.3 Å². The lowest BCUT2D eigenvalue weighted by atomic mass is 9.85. The average molecular weight is 342 g/mol. The molecule has 1 saturated carbocycles. The number of carbonyl (C=O) groups is 1. The van der Waals surface area contributed by atoms with Gasteiger partial charge in [-0.15, -0.1) is 23.7 Å². The van der Waals surface area contributed by atoms with E-state index in [1.807, 2.05) is 17.5 Å². The molecule has 7 heteroatoms. The van der Waals surface area contributed by atoms with E-state index < -0.39 is 0 Å². The standard InChI is InChI=1S/C15H19N3O2S.ClH/c16-11-4-1-3-10(7-11)14(19)17-8-12-9-20-15(18-12)13-5-2-6-21-13;/h2,5-6,9-11H,1,3-4,7-8,16H2,(H,17,19);1H. The highest BCUT2D eigenvalue weighted by Crippen LogP contribution is 2.24. The van der Waals surface area contributed by atoms with Crippen LogP contribution in [0.1, 0.15) is 31.4 Å². The van der Waals surface area contributed by atoms with E-state index in [9.17, 15) is 4.79 Å². The van der Waals surface area contributed by atoms with E-state index in [1.165, 1.54) is 0 Å². The summed E-state index contributed by atoms with van der Waals surface area (Å²) in [6.07, 6.45) is 5.37. The minimum atomic E-state index is 0. The predicted octanol–water partition coefficient (Wildman–Crippen LogP) is 2.96. The van der Waals surface area contributed by atoms with Gasteiger partial charge in [-0.2, -0.15) is 0 Å². The largest absolute Gasteiger partial charge is 0.443 e. The van der Waals surface area contributed by atoms with Crippen molar-refractivity contribution in [2.24, 2.45) is 11.7 Å². The van der Waals surface area contributed by atoms with Crippen molar-refractivity contribution in [2.75, 3.05) is 0 Å². The second-order valence-corrected chi connectivity index (χ2v) is 6.41. The Morgan fingerprint density at radius 3 is 3.09 bits per heavy atom. The lowest BCUT2D eigenvalue weighted by molar-refractivity contribution is -0.126. The molecule has 0 spiro atoms. The Morgan fingerprint density at radius 1 is 1.50 bits per heavy atom. The van der Waals surface area contributed by atoms with Crippen molar-refractivity contribution in [1.29, 1.82) is 0 Å². The molecule has 2 aromatic heterocycles. The third-order valence-electron chi connectivity index (χ3n) is 3.81. The van der Waals surface area contributed by atoms with Gasteiger partial charge in [0.15, 0.2) is 0 Å². The lowest BCUT2D eigenvalue weighted by Crippen LogP contribution is -2.37. The minimum absolute atomic E-state index is 0. The van der Waals surface area contributed by atoms with Crippen LogP contribution in [0, 0.1) is 5.92 Å². The summed E-state index contributed by atoms with van der Waals surface area (Å²) in [6.45, 7) is 0.402. The van der Waals surface area contributed by atoms with Crippen LogP contribution in [0.4, 0.5) is 0 Å². The molecular formula is C15H20ClN3O2S. The van der Waals surface area contributed by atoms with E-state index in [0.717, 1.165) is 36.3 Å². The first-order valence-electron chi connectivity index (χ1n) is 7.24. The Morgan fingerprint density at radius 2 is 2.36 bits per heavy atom. The molecule has 0 saturated heterocycles. The topological polar surface area (TPSA) is 81.2 Å². The van der Waals surface area contributed by atoms with Crippen LogP contribution in [-0.4, -0.2) is 16.9 Å². The van der Waals surface area contributed by atoms with Crippen molar-refractivity contribution in [2.45, 2.75) is 38.3 Å². The van der Waals surface area contributed by atoms with Gasteiger partial charge in [-0.3, -0.25) is 4.79 Å². The molecule has 0 aliphatic heterocycles. The summed E-state index contributed by atoms with van der Waals surface area (Å²) < 4.78 is 5.43. The molecule has 1 amide bonds. The maximum absolute atomic E-state index is 12.1. The van der Waals surface area contributed by atoms with E-state index >= 15 is 0 Å². The number of nitrogens with two attached hydrogens (primary N) is 1. The predicted molar refractivity (Wildman–Crippen MR) is 88.8 cm³/mol. The third-order valence-corrected chi connectivity index (χ3v) is 4.67. The number of hydrogen-bond acceptors (Lipinski definition) is 5. The first-order chi connectivity index (χ1) is 10.2. The van der Waals surface area contributed by atoms with Gasteiger partial charge in [-0.25, -0.2) is 4.98 Å².